The highest BCUT2D eigenvalue weighted by atomic mass is 35.5. The number of aromatic nitrogens is 2. The molecule has 1 unspecified atom stereocenters. The molecule has 1 saturated heterocycles. The molecule has 1 aliphatic heterocycles. The molecular formula is C9H11ClN4OS. The summed E-state index contributed by atoms with van der Waals surface area (Å²) in [6.07, 6.45) is 2.35. The van der Waals surface area contributed by atoms with E-state index in [0.29, 0.717) is 29.1 Å². The quantitative estimate of drug-likeness (QED) is 0.484. The first-order valence-electron chi connectivity index (χ1n) is 4.79. The summed E-state index contributed by atoms with van der Waals surface area (Å²) in [4.78, 5) is 19.3. The Balaban J connectivity index is 2.08. The van der Waals surface area contributed by atoms with Crippen LogP contribution in [0.2, 0.25) is 5.15 Å². The van der Waals surface area contributed by atoms with Crippen molar-refractivity contribution in [3.8, 4) is 0 Å². The summed E-state index contributed by atoms with van der Waals surface area (Å²) in [5, 5.41) is 6.92. The molecule has 2 rings (SSSR count). The maximum atomic E-state index is 11.0. The third-order valence-corrected chi connectivity index (χ3v) is 2.93. The van der Waals surface area contributed by atoms with Crippen LogP contribution in [0.25, 0.3) is 0 Å². The van der Waals surface area contributed by atoms with Crippen molar-refractivity contribution in [2.45, 2.75) is 17.6 Å². The molecular weight excluding hydrogens is 248 g/mol. The summed E-state index contributed by atoms with van der Waals surface area (Å²) in [6, 6.07) is 1.73. The average Bonchev–Trinajstić information content (AvgIpc) is 2.63. The molecule has 0 aromatic carbocycles. The van der Waals surface area contributed by atoms with Crippen molar-refractivity contribution in [1.82, 2.24) is 15.3 Å². The van der Waals surface area contributed by atoms with E-state index < -0.39 is 0 Å². The molecule has 1 aromatic heterocycles. The van der Waals surface area contributed by atoms with E-state index in [0.717, 1.165) is 0 Å². The Labute approximate surface area is 102 Å². The summed E-state index contributed by atoms with van der Waals surface area (Å²) in [6.45, 7) is 0.620. The second-order valence-electron chi connectivity index (χ2n) is 3.41. The Hall–Kier alpha value is -1.01. The van der Waals surface area contributed by atoms with Gasteiger partial charge in [-0.25, -0.2) is 9.97 Å². The van der Waals surface area contributed by atoms with Gasteiger partial charge >= 0.3 is 0 Å². The topological polar surface area (TPSA) is 66.9 Å². The minimum atomic E-state index is 0.0581. The number of nitrogens with zero attached hydrogens (tertiary/aromatic N) is 2. The average molecular weight is 259 g/mol. The SMILES string of the molecule is CSc1nc(Cl)cc(NC2CNC(=O)C2)n1. The second-order valence-corrected chi connectivity index (χ2v) is 4.57. The molecule has 5 nitrogen and oxygen atoms in total. The van der Waals surface area contributed by atoms with Gasteiger partial charge in [0.05, 0.1) is 6.04 Å². The number of carbonyl (C=O) groups is 1. The van der Waals surface area contributed by atoms with Crippen LogP contribution in [-0.4, -0.2) is 34.7 Å². The smallest absolute Gasteiger partial charge is 0.222 e. The summed E-state index contributed by atoms with van der Waals surface area (Å²) >= 11 is 7.28. The highest BCUT2D eigenvalue weighted by Gasteiger charge is 2.21. The van der Waals surface area contributed by atoms with E-state index in [4.69, 9.17) is 11.6 Å². The fourth-order valence-electron chi connectivity index (χ4n) is 1.48. The molecule has 1 fully saturated rings. The van der Waals surface area contributed by atoms with Crippen LogP contribution in [0.15, 0.2) is 11.2 Å². The van der Waals surface area contributed by atoms with Gasteiger partial charge in [-0.05, 0) is 6.26 Å². The third-order valence-electron chi connectivity index (χ3n) is 2.19. The lowest BCUT2D eigenvalue weighted by Crippen LogP contribution is -2.23. The largest absolute Gasteiger partial charge is 0.365 e. The number of hydrogen-bond donors (Lipinski definition) is 2. The third kappa shape index (κ3) is 2.76. The molecule has 2 heterocycles. The van der Waals surface area contributed by atoms with Gasteiger partial charge in [0.25, 0.3) is 0 Å². The first kappa shape index (κ1) is 11.5. The van der Waals surface area contributed by atoms with Crippen LogP contribution in [0.4, 0.5) is 5.82 Å². The van der Waals surface area contributed by atoms with E-state index in [9.17, 15) is 4.79 Å². The van der Waals surface area contributed by atoms with E-state index >= 15 is 0 Å². The highest BCUT2D eigenvalue weighted by molar-refractivity contribution is 7.98. The van der Waals surface area contributed by atoms with Crippen molar-refractivity contribution in [3.63, 3.8) is 0 Å². The van der Waals surface area contributed by atoms with Crippen LogP contribution >= 0.6 is 23.4 Å². The molecule has 86 valence electrons. The number of thioether (sulfide) groups is 1. The Morgan fingerprint density at radius 3 is 3.06 bits per heavy atom. The van der Waals surface area contributed by atoms with Crippen molar-refractivity contribution < 1.29 is 4.79 Å². The molecule has 0 radical (unpaired) electrons. The molecule has 1 amide bonds. The number of hydrogen-bond acceptors (Lipinski definition) is 5. The van der Waals surface area contributed by atoms with Gasteiger partial charge in [0, 0.05) is 19.0 Å². The number of anilines is 1. The van der Waals surface area contributed by atoms with Crippen molar-refractivity contribution >= 4 is 35.1 Å². The summed E-state index contributed by atoms with van der Waals surface area (Å²) < 4.78 is 0. The fraction of sp³-hybridized carbons (Fsp3) is 0.444. The predicted molar refractivity (Wildman–Crippen MR) is 63.9 cm³/mol. The summed E-state index contributed by atoms with van der Waals surface area (Å²) in [5.41, 5.74) is 0. The van der Waals surface area contributed by atoms with Gasteiger partial charge in [-0.3, -0.25) is 4.79 Å². The minimum Gasteiger partial charge on any atom is -0.365 e. The first-order chi connectivity index (χ1) is 7.67. The monoisotopic (exact) mass is 258 g/mol. The van der Waals surface area contributed by atoms with Gasteiger partial charge in [0.1, 0.15) is 11.0 Å². The van der Waals surface area contributed by atoms with E-state index in [2.05, 4.69) is 20.6 Å². The van der Waals surface area contributed by atoms with Gasteiger partial charge in [-0.1, -0.05) is 23.4 Å². The highest BCUT2D eigenvalue weighted by Crippen LogP contribution is 2.18. The Kier molecular flexibility index (Phi) is 3.50. The van der Waals surface area contributed by atoms with E-state index in [-0.39, 0.29) is 11.9 Å². The van der Waals surface area contributed by atoms with Crippen LogP contribution in [0.1, 0.15) is 6.42 Å². The predicted octanol–water partition coefficient (Wildman–Crippen LogP) is 1.15. The van der Waals surface area contributed by atoms with Gasteiger partial charge in [0.2, 0.25) is 5.91 Å². The number of rotatable bonds is 3. The summed E-state index contributed by atoms with van der Waals surface area (Å²) in [5.74, 6) is 0.716. The van der Waals surface area contributed by atoms with Crippen LogP contribution in [0.5, 0.6) is 0 Å². The molecule has 16 heavy (non-hydrogen) atoms. The maximum absolute atomic E-state index is 11.0. The summed E-state index contributed by atoms with van der Waals surface area (Å²) in [7, 11) is 0. The normalized spacial score (nSPS) is 19.6. The molecule has 0 spiro atoms. The lowest BCUT2D eigenvalue weighted by atomic mass is 10.2. The maximum Gasteiger partial charge on any atom is 0.222 e. The van der Waals surface area contributed by atoms with Crippen LogP contribution in [0.3, 0.4) is 0 Å². The molecule has 1 atom stereocenters. The van der Waals surface area contributed by atoms with Crippen LogP contribution in [0, 0.1) is 0 Å². The lowest BCUT2D eigenvalue weighted by molar-refractivity contribution is -0.119. The fourth-order valence-corrected chi connectivity index (χ4v) is 2.09. The van der Waals surface area contributed by atoms with Gasteiger partial charge in [-0.15, -0.1) is 0 Å². The van der Waals surface area contributed by atoms with Crippen molar-refractivity contribution in [2.24, 2.45) is 0 Å². The van der Waals surface area contributed by atoms with Crippen molar-refractivity contribution in [1.29, 1.82) is 0 Å². The minimum absolute atomic E-state index is 0.0581. The van der Waals surface area contributed by atoms with Gasteiger partial charge in [0.15, 0.2) is 5.16 Å². The van der Waals surface area contributed by atoms with Crippen LogP contribution in [-0.2, 0) is 4.79 Å². The van der Waals surface area contributed by atoms with Gasteiger partial charge < -0.3 is 10.6 Å². The molecule has 2 N–H and O–H groups in total. The number of amides is 1. The Bertz CT molecular complexity index is 414. The second kappa shape index (κ2) is 4.88. The lowest BCUT2D eigenvalue weighted by Gasteiger charge is -2.11. The van der Waals surface area contributed by atoms with Crippen LogP contribution < -0.4 is 10.6 Å². The zero-order valence-corrected chi connectivity index (χ0v) is 10.2. The van der Waals surface area contributed by atoms with Crippen molar-refractivity contribution in [2.75, 3.05) is 18.1 Å². The molecule has 0 aliphatic carbocycles. The van der Waals surface area contributed by atoms with E-state index in [1.54, 1.807) is 6.07 Å². The number of halogens is 1. The van der Waals surface area contributed by atoms with E-state index in [1.807, 2.05) is 6.26 Å². The number of nitrogens with one attached hydrogen (secondary N) is 2. The molecule has 1 aliphatic rings. The molecule has 1 aromatic rings. The Morgan fingerprint density at radius 1 is 1.62 bits per heavy atom. The number of carbonyl (C=O) groups excluding carboxylic acids is 1. The zero-order chi connectivity index (χ0) is 11.5. The van der Waals surface area contributed by atoms with Gasteiger partial charge in [-0.2, -0.15) is 0 Å². The molecule has 0 saturated carbocycles. The zero-order valence-electron chi connectivity index (χ0n) is 8.66. The first-order valence-corrected chi connectivity index (χ1v) is 6.39. The molecule has 7 heteroatoms. The Morgan fingerprint density at radius 2 is 2.44 bits per heavy atom. The van der Waals surface area contributed by atoms with Crippen molar-refractivity contribution in [3.05, 3.63) is 11.2 Å². The standard InChI is InChI=1S/C9H11ClN4OS/c1-16-9-13-6(10)3-7(14-9)12-5-2-8(15)11-4-5/h3,5H,2,4H2,1H3,(H,11,15)(H,12,13,14). The van der Waals surface area contributed by atoms with E-state index in [1.165, 1.54) is 11.8 Å². The molecule has 0 bridgehead atoms.